The fourth-order valence-corrected chi connectivity index (χ4v) is 4.01. The van der Waals surface area contributed by atoms with Crippen LogP contribution in [0.15, 0.2) is 67.3 Å². The third-order valence-corrected chi connectivity index (χ3v) is 6.10. The van der Waals surface area contributed by atoms with Crippen molar-refractivity contribution in [3.05, 3.63) is 67.3 Å². The molecule has 1 fully saturated rings. The van der Waals surface area contributed by atoms with Gasteiger partial charge in [0.1, 0.15) is 6.33 Å². The van der Waals surface area contributed by atoms with Crippen molar-refractivity contribution in [1.29, 1.82) is 0 Å². The minimum Gasteiger partial charge on any atom is -0.475 e. The molecule has 0 unspecified atom stereocenters. The number of aromatic nitrogens is 7. The van der Waals surface area contributed by atoms with Gasteiger partial charge in [-0.2, -0.15) is 23.3 Å². The first kappa shape index (κ1) is 27.5. The maximum absolute atomic E-state index is 10.6. The molecule has 41 heavy (non-hydrogen) atoms. The number of rotatable bonds is 5. The summed E-state index contributed by atoms with van der Waals surface area (Å²) in [6, 6.07) is 16.1. The average molecular weight is 568 g/mol. The summed E-state index contributed by atoms with van der Waals surface area (Å²) in [5.74, 6) is -1.49. The number of halogens is 3. The maximum Gasteiger partial charge on any atom is 0.490 e. The maximum atomic E-state index is 10.6. The summed E-state index contributed by atoms with van der Waals surface area (Å²) < 4.78 is 40.8. The van der Waals surface area contributed by atoms with Gasteiger partial charge in [-0.15, -0.1) is 5.10 Å². The summed E-state index contributed by atoms with van der Waals surface area (Å²) in [5, 5.41) is 20.3. The molecule has 1 aliphatic rings. The smallest absolute Gasteiger partial charge is 0.475 e. The first-order chi connectivity index (χ1) is 19.7. The molecule has 6 rings (SSSR count). The molecule has 5 aromatic rings. The number of hydrogen-bond donors (Lipinski definition) is 2. The predicted octanol–water partition coefficient (Wildman–Crippen LogP) is 3.82. The molecular weight excluding hydrogens is 543 g/mol. The summed E-state index contributed by atoms with van der Waals surface area (Å²) in [7, 11) is 1.93. The highest BCUT2D eigenvalue weighted by Gasteiger charge is 2.38. The largest absolute Gasteiger partial charge is 0.490 e. The molecule has 0 spiro atoms. The number of anilines is 3. The first-order valence-electron chi connectivity index (χ1n) is 12.3. The Kier molecular flexibility index (Phi) is 7.78. The van der Waals surface area contributed by atoms with Gasteiger partial charge in [0, 0.05) is 49.2 Å². The van der Waals surface area contributed by atoms with Crippen LogP contribution in [-0.2, 0) is 16.6 Å². The lowest BCUT2D eigenvalue weighted by Gasteiger charge is -2.25. The highest BCUT2D eigenvalue weighted by molar-refractivity contribution is 5.84. The van der Waals surface area contributed by atoms with Crippen molar-refractivity contribution < 1.29 is 27.8 Å². The van der Waals surface area contributed by atoms with Crippen LogP contribution in [0.4, 0.5) is 30.8 Å². The molecule has 3 aromatic heterocycles. The average Bonchev–Trinajstić information content (AvgIpc) is 3.63. The topological polar surface area (TPSA) is 136 Å². The van der Waals surface area contributed by atoms with E-state index in [9.17, 15) is 13.2 Å². The van der Waals surface area contributed by atoms with E-state index in [1.807, 2.05) is 54.3 Å². The van der Waals surface area contributed by atoms with Gasteiger partial charge in [-0.25, -0.2) is 19.4 Å². The van der Waals surface area contributed by atoms with Crippen molar-refractivity contribution in [2.45, 2.75) is 6.18 Å². The van der Waals surface area contributed by atoms with Gasteiger partial charge in [-0.3, -0.25) is 4.68 Å². The van der Waals surface area contributed by atoms with E-state index < -0.39 is 12.1 Å². The predicted molar refractivity (Wildman–Crippen MR) is 143 cm³/mol. The molecule has 2 N–H and O–H groups in total. The molecule has 0 amide bonds. The number of hydrogen-bond acceptors (Lipinski definition) is 9. The molecular formula is C26H24F3N9O3. The van der Waals surface area contributed by atoms with E-state index in [0.717, 1.165) is 52.6 Å². The van der Waals surface area contributed by atoms with Crippen LogP contribution in [0.5, 0.6) is 0 Å². The van der Waals surface area contributed by atoms with Crippen LogP contribution in [-0.4, -0.2) is 78.1 Å². The second-order valence-electron chi connectivity index (χ2n) is 8.87. The van der Waals surface area contributed by atoms with E-state index in [1.165, 1.54) is 0 Å². The number of nitrogens with zero attached hydrogens (tertiary/aromatic N) is 8. The SMILES string of the molecule is Cn1nccc1-c1ccc2cnc(Nc3ccc(-n4cnc(N5CCOCC5)n4)cc3)nc2c1.O=C(O)C(F)(F)F. The lowest BCUT2D eigenvalue weighted by molar-refractivity contribution is -0.192. The van der Waals surface area contributed by atoms with Crippen molar-refractivity contribution in [2.75, 3.05) is 36.5 Å². The Morgan fingerprint density at radius 3 is 2.44 bits per heavy atom. The Morgan fingerprint density at radius 2 is 1.78 bits per heavy atom. The minimum absolute atomic E-state index is 0.540. The van der Waals surface area contributed by atoms with E-state index in [-0.39, 0.29) is 0 Å². The van der Waals surface area contributed by atoms with Crippen LogP contribution in [0, 0.1) is 0 Å². The molecule has 0 radical (unpaired) electrons. The monoisotopic (exact) mass is 567 g/mol. The van der Waals surface area contributed by atoms with Crippen LogP contribution < -0.4 is 10.2 Å². The van der Waals surface area contributed by atoms with Crippen molar-refractivity contribution >= 4 is 34.5 Å². The number of aliphatic carboxylic acids is 1. The molecule has 0 bridgehead atoms. The Labute approximate surface area is 231 Å². The van der Waals surface area contributed by atoms with Gasteiger partial charge in [-0.1, -0.05) is 12.1 Å². The number of morpholine rings is 1. The number of carboxylic acid groups (broad SMARTS) is 1. The lowest BCUT2D eigenvalue weighted by atomic mass is 10.1. The van der Waals surface area contributed by atoms with Crippen LogP contribution in [0.1, 0.15) is 0 Å². The van der Waals surface area contributed by atoms with E-state index in [1.54, 1.807) is 17.2 Å². The lowest BCUT2D eigenvalue weighted by Crippen LogP contribution is -2.37. The van der Waals surface area contributed by atoms with E-state index in [4.69, 9.17) is 19.6 Å². The van der Waals surface area contributed by atoms with Gasteiger partial charge >= 0.3 is 12.1 Å². The number of aryl methyl sites for hydroxylation is 1. The van der Waals surface area contributed by atoms with E-state index in [2.05, 4.69) is 42.5 Å². The normalized spacial score (nSPS) is 13.5. The third kappa shape index (κ3) is 6.58. The molecule has 212 valence electrons. The van der Waals surface area contributed by atoms with Crippen LogP contribution in [0.25, 0.3) is 27.8 Å². The van der Waals surface area contributed by atoms with Gasteiger partial charge in [0.2, 0.25) is 11.9 Å². The van der Waals surface area contributed by atoms with Crippen LogP contribution >= 0.6 is 0 Å². The molecule has 0 saturated carbocycles. The number of benzene rings is 2. The number of nitrogens with one attached hydrogen (secondary N) is 1. The fourth-order valence-electron chi connectivity index (χ4n) is 4.01. The number of carboxylic acids is 1. The molecule has 1 aliphatic heterocycles. The van der Waals surface area contributed by atoms with Gasteiger partial charge in [0.25, 0.3) is 0 Å². The van der Waals surface area contributed by atoms with Crippen molar-refractivity contribution in [2.24, 2.45) is 7.05 Å². The van der Waals surface area contributed by atoms with Crippen LogP contribution in [0.3, 0.4) is 0 Å². The van der Waals surface area contributed by atoms with Gasteiger partial charge in [0.05, 0.1) is 30.1 Å². The second kappa shape index (κ2) is 11.6. The third-order valence-electron chi connectivity index (χ3n) is 6.10. The standard InChI is InChI=1S/C24H23N9O.C2HF3O2/c1-31-22(8-9-27-31)17-2-3-18-15-25-23(29-21(18)14-17)28-19-4-6-20(7-5-19)33-16-26-24(30-33)32-10-12-34-13-11-32;3-2(4,5)1(6)7/h2-9,14-16H,10-13H2,1H3,(H,25,28,29);(H,6,7). The summed E-state index contributed by atoms with van der Waals surface area (Å²) in [6.07, 6.45) is 0.271. The molecule has 1 saturated heterocycles. The Balaban J connectivity index is 0.000000431. The molecule has 12 nitrogen and oxygen atoms in total. The highest BCUT2D eigenvalue weighted by atomic mass is 19.4. The molecule has 0 atom stereocenters. The zero-order valence-corrected chi connectivity index (χ0v) is 21.7. The fraction of sp³-hybridized carbons (Fsp3) is 0.231. The summed E-state index contributed by atoms with van der Waals surface area (Å²) >= 11 is 0. The number of carbonyl (C=O) groups is 1. The number of fused-ring (bicyclic) bond motifs is 1. The van der Waals surface area contributed by atoms with Crippen molar-refractivity contribution in [3.63, 3.8) is 0 Å². The Hall–Kier alpha value is -5.05. The van der Waals surface area contributed by atoms with Crippen molar-refractivity contribution in [3.8, 4) is 16.9 Å². The highest BCUT2D eigenvalue weighted by Crippen LogP contribution is 2.24. The molecule has 2 aromatic carbocycles. The quantitative estimate of drug-likeness (QED) is 0.323. The zero-order chi connectivity index (χ0) is 29.0. The summed E-state index contributed by atoms with van der Waals surface area (Å²) in [4.78, 5) is 24.7. The van der Waals surface area contributed by atoms with E-state index in [0.29, 0.717) is 19.2 Å². The van der Waals surface area contributed by atoms with Crippen molar-refractivity contribution in [1.82, 2.24) is 34.5 Å². The number of ether oxygens (including phenoxy) is 1. The minimum atomic E-state index is -5.08. The zero-order valence-electron chi connectivity index (χ0n) is 21.7. The molecule has 4 heterocycles. The summed E-state index contributed by atoms with van der Waals surface area (Å²) in [6.45, 7) is 3.02. The molecule has 15 heteroatoms. The summed E-state index contributed by atoms with van der Waals surface area (Å²) in [5.41, 5.74) is 4.78. The van der Waals surface area contributed by atoms with Gasteiger partial charge < -0.3 is 20.1 Å². The Bertz CT molecular complexity index is 1650. The Morgan fingerprint density at radius 1 is 1.05 bits per heavy atom. The molecule has 0 aliphatic carbocycles. The van der Waals surface area contributed by atoms with Gasteiger partial charge in [0.15, 0.2) is 0 Å². The van der Waals surface area contributed by atoms with E-state index >= 15 is 0 Å². The first-order valence-corrected chi connectivity index (χ1v) is 12.3. The van der Waals surface area contributed by atoms with Gasteiger partial charge in [-0.05, 0) is 36.4 Å². The number of alkyl halides is 3. The second-order valence-corrected chi connectivity index (χ2v) is 8.87. The van der Waals surface area contributed by atoms with Crippen LogP contribution in [0.2, 0.25) is 0 Å².